The van der Waals surface area contributed by atoms with Crippen LogP contribution in [-0.2, 0) is 4.74 Å². The van der Waals surface area contributed by atoms with Crippen LogP contribution >= 0.6 is 0 Å². The summed E-state index contributed by atoms with van der Waals surface area (Å²) in [5, 5.41) is 4.54. The summed E-state index contributed by atoms with van der Waals surface area (Å²) >= 11 is 0. The van der Waals surface area contributed by atoms with Crippen molar-refractivity contribution in [2.75, 3.05) is 26.3 Å². The van der Waals surface area contributed by atoms with Gasteiger partial charge in [-0.25, -0.2) is 0 Å². The number of nitroso groups, excluding NO2 is 1. The predicted octanol–water partition coefficient (Wildman–Crippen LogP) is 0.780. The Labute approximate surface area is 65.5 Å². The van der Waals surface area contributed by atoms with E-state index in [1.807, 2.05) is 0 Å². The molecule has 0 aromatic rings. The largest absolute Gasteiger partial charge is 0.381 e. The molecule has 4 nitrogen and oxygen atoms in total. The molecule has 0 saturated carbocycles. The van der Waals surface area contributed by atoms with E-state index in [2.05, 4.69) is 5.29 Å². The Morgan fingerprint density at radius 2 is 2.36 bits per heavy atom. The molecule has 1 spiro atoms. The quantitative estimate of drug-likeness (QED) is 0.527. The summed E-state index contributed by atoms with van der Waals surface area (Å²) < 4.78 is 5.30. The van der Waals surface area contributed by atoms with Gasteiger partial charge >= 0.3 is 0 Å². The second kappa shape index (κ2) is 2.44. The molecule has 0 aliphatic carbocycles. The zero-order chi connectivity index (χ0) is 7.73. The topological polar surface area (TPSA) is 41.9 Å². The fourth-order valence-corrected chi connectivity index (χ4v) is 1.95. The zero-order valence-corrected chi connectivity index (χ0v) is 6.45. The average Bonchev–Trinajstić information content (AvgIpc) is 2.62. The summed E-state index contributed by atoms with van der Waals surface area (Å²) in [6, 6.07) is 0. The Morgan fingerprint density at radius 3 is 2.91 bits per heavy atom. The van der Waals surface area contributed by atoms with Crippen LogP contribution in [-0.4, -0.2) is 31.3 Å². The van der Waals surface area contributed by atoms with Crippen molar-refractivity contribution in [2.45, 2.75) is 12.8 Å². The summed E-state index contributed by atoms with van der Waals surface area (Å²) in [4.78, 5) is 10.2. The molecule has 62 valence electrons. The summed E-state index contributed by atoms with van der Waals surface area (Å²) in [6.45, 7) is 3.29. The molecule has 0 amide bonds. The van der Waals surface area contributed by atoms with Gasteiger partial charge in [-0.2, -0.15) is 0 Å². The van der Waals surface area contributed by atoms with Gasteiger partial charge in [-0.15, -0.1) is 4.91 Å². The maximum atomic E-state index is 10.2. The highest BCUT2D eigenvalue weighted by molar-refractivity contribution is 4.91. The van der Waals surface area contributed by atoms with Gasteiger partial charge in [0.05, 0.1) is 11.9 Å². The summed E-state index contributed by atoms with van der Waals surface area (Å²) in [5.41, 5.74) is 0.272. The molecular weight excluding hydrogens is 144 g/mol. The number of ether oxygens (including phenoxy) is 1. The molecular formula is C7H12N2O2. The molecule has 2 fully saturated rings. The van der Waals surface area contributed by atoms with Crippen LogP contribution in [0.25, 0.3) is 0 Å². The van der Waals surface area contributed by atoms with E-state index in [1.165, 1.54) is 0 Å². The standard InChI is InChI=1S/C7H12N2O2/c10-8-9-3-1-7(5-9)2-4-11-6-7/h1-6H2. The van der Waals surface area contributed by atoms with Crippen molar-refractivity contribution in [1.29, 1.82) is 0 Å². The van der Waals surface area contributed by atoms with Crippen molar-refractivity contribution < 1.29 is 4.74 Å². The van der Waals surface area contributed by atoms with Crippen molar-refractivity contribution in [3.63, 3.8) is 0 Å². The van der Waals surface area contributed by atoms with Crippen LogP contribution in [0.1, 0.15) is 12.8 Å². The minimum Gasteiger partial charge on any atom is -0.381 e. The minimum atomic E-state index is 0.272. The molecule has 2 rings (SSSR count). The van der Waals surface area contributed by atoms with Crippen LogP contribution in [0.15, 0.2) is 5.29 Å². The van der Waals surface area contributed by atoms with Crippen molar-refractivity contribution in [3.8, 4) is 0 Å². The average molecular weight is 156 g/mol. The molecule has 0 aromatic heterocycles. The van der Waals surface area contributed by atoms with Crippen LogP contribution in [0.3, 0.4) is 0 Å². The Hall–Kier alpha value is -0.640. The molecule has 4 heteroatoms. The fraction of sp³-hybridized carbons (Fsp3) is 1.00. The first-order chi connectivity index (χ1) is 5.35. The lowest BCUT2D eigenvalue weighted by Gasteiger charge is -2.18. The van der Waals surface area contributed by atoms with E-state index in [9.17, 15) is 4.91 Å². The molecule has 0 aromatic carbocycles. The number of nitrogens with zero attached hydrogens (tertiary/aromatic N) is 2. The van der Waals surface area contributed by atoms with Gasteiger partial charge < -0.3 is 4.74 Å². The van der Waals surface area contributed by atoms with Gasteiger partial charge in [0, 0.05) is 25.1 Å². The number of rotatable bonds is 1. The third-order valence-electron chi connectivity index (χ3n) is 2.72. The second-order valence-electron chi connectivity index (χ2n) is 3.52. The molecule has 0 radical (unpaired) electrons. The number of hydrogen-bond acceptors (Lipinski definition) is 3. The highest BCUT2D eigenvalue weighted by Gasteiger charge is 2.41. The van der Waals surface area contributed by atoms with E-state index < -0.39 is 0 Å². The molecule has 1 atom stereocenters. The summed E-state index contributed by atoms with van der Waals surface area (Å²) in [5.74, 6) is 0. The Balaban J connectivity index is 2.01. The van der Waals surface area contributed by atoms with Gasteiger partial charge in [0.15, 0.2) is 0 Å². The number of hydrogen-bond donors (Lipinski definition) is 0. The molecule has 11 heavy (non-hydrogen) atoms. The lowest BCUT2D eigenvalue weighted by atomic mass is 9.87. The Morgan fingerprint density at radius 1 is 1.45 bits per heavy atom. The molecule has 0 N–H and O–H groups in total. The molecule has 1 unspecified atom stereocenters. The molecule has 2 aliphatic heterocycles. The predicted molar refractivity (Wildman–Crippen MR) is 39.9 cm³/mol. The van der Waals surface area contributed by atoms with Gasteiger partial charge in [0.25, 0.3) is 0 Å². The van der Waals surface area contributed by atoms with E-state index in [1.54, 1.807) is 5.01 Å². The Bertz CT molecular complexity index is 166. The first kappa shape index (κ1) is 7.03. The van der Waals surface area contributed by atoms with Crippen molar-refractivity contribution in [2.24, 2.45) is 10.7 Å². The highest BCUT2D eigenvalue weighted by Crippen LogP contribution is 2.37. The first-order valence-electron chi connectivity index (χ1n) is 4.01. The van der Waals surface area contributed by atoms with Crippen molar-refractivity contribution in [3.05, 3.63) is 4.91 Å². The Kier molecular flexibility index (Phi) is 1.56. The van der Waals surface area contributed by atoms with E-state index in [0.717, 1.165) is 39.1 Å². The summed E-state index contributed by atoms with van der Waals surface area (Å²) in [7, 11) is 0. The summed E-state index contributed by atoms with van der Waals surface area (Å²) in [6.07, 6.45) is 2.16. The lowest BCUT2D eigenvalue weighted by Crippen LogP contribution is -2.24. The van der Waals surface area contributed by atoms with Crippen LogP contribution in [0.2, 0.25) is 0 Å². The van der Waals surface area contributed by atoms with Gasteiger partial charge in [0.2, 0.25) is 0 Å². The van der Waals surface area contributed by atoms with E-state index in [4.69, 9.17) is 4.74 Å². The normalized spacial score (nSPS) is 36.9. The maximum absolute atomic E-state index is 10.2. The first-order valence-corrected chi connectivity index (χ1v) is 4.01. The van der Waals surface area contributed by atoms with Gasteiger partial charge in [-0.05, 0) is 12.8 Å². The molecule has 0 bridgehead atoms. The van der Waals surface area contributed by atoms with Crippen molar-refractivity contribution >= 4 is 0 Å². The van der Waals surface area contributed by atoms with E-state index in [-0.39, 0.29) is 5.41 Å². The molecule has 2 heterocycles. The highest BCUT2D eigenvalue weighted by atomic mass is 16.5. The van der Waals surface area contributed by atoms with Gasteiger partial charge in [0.1, 0.15) is 0 Å². The van der Waals surface area contributed by atoms with Crippen LogP contribution in [0.5, 0.6) is 0 Å². The monoisotopic (exact) mass is 156 g/mol. The van der Waals surface area contributed by atoms with Crippen LogP contribution < -0.4 is 0 Å². The third kappa shape index (κ3) is 1.11. The fourth-order valence-electron chi connectivity index (χ4n) is 1.95. The van der Waals surface area contributed by atoms with E-state index >= 15 is 0 Å². The molecule has 2 aliphatic rings. The third-order valence-corrected chi connectivity index (χ3v) is 2.72. The smallest absolute Gasteiger partial charge is 0.0541 e. The van der Waals surface area contributed by atoms with Gasteiger partial charge in [-0.1, -0.05) is 0 Å². The van der Waals surface area contributed by atoms with Crippen molar-refractivity contribution in [1.82, 2.24) is 5.01 Å². The minimum absolute atomic E-state index is 0.272. The SMILES string of the molecule is O=NN1CCC2(CCOC2)C1. The zero-order valence-electron chi connectivity index (χ0n) is 6.45. The molecule has 2 saturated heterocycles. The second-order valence-corrected chi connectivity index (χ2v) is 3.52. The van der Waals surface area contributed by atoms with E-state index in [0.29, 0.717) is 0 Å². The van der Waals surface area contributed by atoms with Gasteiger partial charge in [-0.3, -0.25) is 5.01 Å². The lowest BCUT2D eigenvalue weighted by molar-refractivity contribution is 0.152. The maximum Gasteiger partial charge on any atom is 0.0541 e. The van der Waals surface area contributed by atoms with Crippen LogP contribution in [0, 0.1) is 10.3 Å². The van der Waals surface area contributed by atoms with Crippen LogP contribution in [0.4, 0.5) is 0 Å².